The van der Waals surface area contributed by atoms with Gasteiger partial charge in [0.25, 0.3) is 5.91 Å². The predicted octanol–water partition coefficient (Wildman–Crippen LogP) is 1.70. The molecular formula is C22H25ClN2O6. The third-order valence-corrected chi connectivity index (χ3v) is 6.96. The topological polar surface area (TPSA) is 107 Å². The Bertz CT molecular complexity index is 921. The molecule has 9 heteroatoms. The summed E-state index contributed by atoms with van der Waals surface area (Å²) in [6, 6.07) is 5.00. The zero-order chi connectivity index (χ0) is 22.5. The number of carboxylic acid groups (broad SMARTS) is 1. The van der Waals surface area contributed by atoms with E-state index in [2.05, 4.69) is 6.58 Å². The second kappa shape index (κ2) is 7.93. The first-order valence-corrected chi connectivity index (χ1v) is 10.7. The number of benzene rings is 1. The third-order valence-electron chi connectivity index (χ3n) is 6.71. The van der Waals surface area contributed by atoms with Gasteiger partial charge in [0.15, 0.2) is 0 Å². The summed E-state index contributed by atoms with van der Waals surface area (Å²) in [5.74, 6) is -3.91. The fraction of sp³-hybridized carbons (Fsp3) is 0.500. The van der Waals surface area contributed by atoms with Crippen LogP contribution in [0.15, 0.2) is 36.9 Å². The van der Waals surface area contributed by atoms with Crippen molar-refractivity contribution < 1.29 is 29.3 Å². The highest BCUT2D eigenvalue weighted by Gasteiger charge is 2.75. The zero-order valence-corrected chi connectivity index (χ0v) is 17.9. The molecular weight excluding hydrogens is 424 g/mol. The number of amides is 2. The first-order valence-electron chi connectivity index (χ1n) is 10.3. The SMILES string of the molecule is C=CCN(C(=O)[C@@H]1N([C@H](C)CO)C(=O)[C@H]2[C@H](C(=O)O)[C@@H]3CC[C@]12O3)c1ccc(Cl)cc1. The van der Waals surface area contributed by atoms with Crippen LogP contribution in [0.25, 0.3) is 0 Å². The predicted molar refractivity (Wildman–Crippen MR) is 113 cm³/mol. The van der Waals surface area contributed by atoms with Gasteiger partial charge in [-0.15, -0.1) is 6.58 Å². The molecule has 3 aliphatic heterocycles. The molecule has 6 atom stereocenters. The standard InChI is InChI=1S/C22H25ClN2O6/c1-3-10-24(14-6-4-13(23)5-7-14)20(28)18-22-9-8-15(31-22)16(21(29)30)17(22)19(27)25(18)12(2)11-26/h3-7,12,15-18,26H,1,8-11H2,2H3,(H,29,30)/t12-,15+,16-,17-,18+,22-/m1/s1. The van der Waals surface area contributed by atoms with Crippen molar-refractivity contribution in [3.63, 3.8) is 0 Å². The largest absolute Gasteiger partial charge is 0.481 e. The Hall–Kier alpha value is -2.42. The number of likely N-dealkylation sites (tertiary alicyclic amines) is 1. The molecule has 4 rings (SSSR count). The number of carbonyl (C=O) groups excluding carboxylic acids is 2. The molecule has 2 amide bonds. The van der Waals surface area contributed by atoms with Gasteiger partial charge in [-0.3, -0.25) is 14.4 Å². The molecule has 0 aromatic heterocycles. The summed E-state index contributed by atoms with van der Waals surface area (Å²) in [6.45, 7) is 5.19. The van der Waals surface area contributed by atoms with E-state index in [0.29, 0.717) is 23.6 Å². The molecule has 3 saturated heterocycles. The van der Waals surface area contributed by atoms with Gasteiger partial charge in [-0.05, 0) is 44.0 Å². The first-order chi connectivity index (χ1) is 14.8. The van der Waals surface area contributed by atoms with Crippen LogP contribution < -0.4 is 4.90 Å². The quantitative estimate of drug-likeness (QED) is 0.615. The monoisotopic (exact) mass is 448 g/mol. The summed E-state index contributed by atoms with van der Waals surface area (Å²) in [5.41, 5.74) is -0.655. The summed E-state index contributed by atoms with van der Waals surface area (Å²) >= 11 is 5.99. The van der Waals surface area contributed by atoms with Crippen LogP contribution in [0.5, 0.6) is 0 Å². The second-order valence-electron chi connectivity index (χ2n) is 8.39. The highest BCUT2D eigenvalue weighted by molar-refractivity contribution is 6.30. The smallest absolute Gasteiger partial charge is 0.310 e. The number of aliphatic carboxylic acids is 1. The van der Waals surface area contributed by atoms with Crippen LogP contribution in [-0.2, 0) is 19.1 Å². The average molecular weight is 449 g/mol. The maximum atomic E-state index is 13.9. The molecule has 2 bridgehead atoms. The van der Waals surface area contributed by atoms with Crippen LogP contribution in [0.1, 0.15) is 19.8 Å². The number of nitrogens with zero attached hydrogens (tertiary/aromatic N) is 2. The summed E-state index contributed by atoms with van der Waals surface area (Å²) in [6.07, 6.45) is 1.85. The molecule has 1 aromatic rings. The molecule has 1 spiro atoms. The maximum Gasteiger partial charge on any atom is 0.310 e. The highest BCUT2D eigenvalue weighted by Crippen LogP contribution is 2.59. The highest BCUT2D eigenvalue weighted by atomic mass is 35.5. The minimum absolute atomic E-state index is 0.180. The maximum absolute atomic E-state index is 13.9. The molecule has 3 aliphatic rings. The molecule has 8 nitrogen and oxygen atoms in total. The fourth-order valence-corrected chi connectivity index (χ4v) is 5.56. The van der Waals surface area contributed by atoms with Crippen molar-refractivity contribution >= 4 is 35.1 Å². The number of carboxylic acids is 1. The second-order valence-corrected chi connectivity index (χ2v) is 8.82. The van der Waals surface area contributed by atoms with Crippen LogP contribution in [0.2, 0.25) is 5.02 Å². The first kappa shape index (κ1) is 21.8. The molecule has 0 aliphatic carbocycles. The molecule has 3 heterocycles. The molecule has 2 N–H and O–H groups in total. The van der Waals surface area contributed by atoms with Gasteiger partial charge in [0, 0.05) is 17.3 Å². The number of hydrogen-bond acceptors (Lipinski definition) is 5. The molecule has 0 unspecified atom stereocenters. The Morgan fingerprint density at radius 3 is 2.68 bits per heavy atom. The Kier molecular flexibility index (Phi) is 5.57. The number of ether oxygens (including phenoxy) is 1. The number of fused-ring (bicyclic) bond motifs is 1. The van der Waals surface area contributed by atoms with Crippen LogP contribution in [0, 0.1) is 11.8 Å². The Morgan fingerprint density at radius 2 is 2.10 bits per heavy atom. The van der Waals surface area contributed by atoms with E-state index in [0.717, 1.165) is 0 Å². The van der Waals surface area contributed by atoms with Gasteiger partial charge in [0.05, 0.1) is 30.6 Å². The Labute approximate surface area is 185 Å². The van der Waals surface area contributed by atoms with Crippen LogP contribution in [0.4, 0.5) is 5.69 Å². The molecule has 0 saturated carbocycles. The lowest BCUT2D eigenvalue weighted by Crippen LogP contribution is -2.58. The Balaban J connectivity index is 1.80. The van der Waals surface area contributed by atoms with Crippen molar-refractivity contribution in [2.45, 2.75) is 43.6 Å². The lowest BCUT2D eigenvalue weighted by Gasteiger charge is -2.38. The Morgan fingerprint density at radius 1 is 1.42 bits per heavy atom. The van der Waals surface area contributed by atoms with Gasteiger partial charge < -0.3 is 24.7 Å². The number of rotatable bonds is 7. The summed E-state index contributed by atoms with van der Waals surface area (Å²) < 4.78 is 6.15. The minimum Gasteiger partial charge on any atom is -0.481 e. The number of carbonyl (C=O) groups is 3. The minimum atomic E-state index is -1.23. The van der Waals surface area contributed by atoms with Gasteiger partial charge in [0.2, 0.25) is 5.91 Å². The van der Waals surface area contributed by atoms with Gasteiger partial charge in [0.1, 0.15) is 11.6 Å². The van der Waals surface area contributed by atoms with E-state index in [1.807, 2.05) is 0 Å². The van der Waals surface area contributed by atoms with E-state index in [9.17, 15) is 24.6 Å². The summed E-state index contributed by atoms with van der Waals surface area (Å²) in [7, 11) is 0. The summed E-state index contributed by atoms with van der Waals surface area (Å²) in [4.78, 5) is 42.2. The van der Waals surface area contributed by atoms with Gasteiger partial charge >= 0.3 is 5.97 Å². The average Bonchev–Trinajstić information content (AvgIpc) is 3.39. The van der Waals surface area contributed by atoms with Gasteiger partial charge in [-0.25, -0.2) is 0 Å². The zero-order valence-electron chi connectivity index (χ0n) is 17.1. The van der Waals surface area contributed by atoms with Crippen LogP contribution >= 0.6 is 11.6 Å². The van der Waals surface area contributed by atoms with Crippen molar-refractivity contribution in [3.05, 3.63) is 41.9 Å². The van der Waals surface area contributed by atoms with Crippen molar-refractivity contribution in [1.82, 2.24) is 4.90 Å². The van der Waals surface area contributed by atoms with E-state index in [4.69, 9.17) is 16.3 Å². The van der Waals surface area contributed by atoms with E-state index in [1.165, 1.54) is 9.80 Å². The molecule has 31 heavy (non-hydrogen) atoms. The fourth-order valence-electron chi connectivity index (χ4n) is 5.43. The normalized spacial score (nSPS) is 32.1. The van der Waals surface area contributed by atoms with E-state index in [-0.39, 0.29) is 13.2 Å². The van der Waals surface area contributed by atoms with Gasteiger partial charge in [-0.2, -0.15) is 0 Å². The van der Waals surface area contributed by atoms with E-state index >= 15 is 0 Å². The van der Waals surface area contributed by atoms with E-state index in [1.54, 1.807) is 37.3 Å². The van der Waals surface area contributed by atoms with Crippen molar-refractivity contribution in [1.29, 1.82) is 0 Å². The lowest BCUT2D eigenvalue weighted by molar-refractivity contribution is -0.150. The molecule has 0 radical (unpaired) electrons. The van der Waals surface area contributed by atoms with Crippen molar-refractivity contribution in [3.8, 4) is 0 Å². The van der Waals surface area contributed by atoms with E-state index < -0.39 is 53.4 Å². The molecule has 166 valence electrons. The third kappa shape index (κ3) is 3.16. The number of aliphatic hydroxyl groups excluding tert-OH is 1. The van der Waals surface area contributed by atoms with Crippen LogP contribution in [0.3, 0.4) is 0 Å². The number of hydrogen-bond donors (Lipinski definition) is 2. The van der Waals surface area contributed by atoms with Crippen molar-refractivity contribution in [2.75, 3.05) is 18.1 Å². The van der Waals surface area contributed by atoms with Gasteiger partial charge in [-0.1, -0.05) is 17.7 Å². The number of halogens is 1. The number of anilines is 1. The lowest BCUT2D eigenvalue weighted by atomic mass is 9.70. The number of aliphatic hydroxyl groups is 1. The molecule has 1 aromatic carbocycles. The van der Waals surface area contributed by atoms with Crippen LogP contribution in [-0.4, -0.2) is 69.8 Å². The molecule has 3 fully saturated rings. The van der Waals surface area contributed by atoms with Crippen molar-refractivity contribution in [2.24, 2.45) is 11.8 Å². The summed E-state index contributed by atoms with van der Waals surface area (Å²) in [5, 5.41) is 20.1.